The Morgan fingerprint density at radius 2 is 1.94 bits per heavy atom. The molecule has 0 saturated carbocycles. The molecule has 1 aromatic rings. The minimum atomic E-state index is -0.0567. The lowest BCUT2D eigenvalue weighted by molar-refractivity contribution is 0.300. The van der Waals surface area contributed by atoms with Crippen molar-refractivity contribution in [2.75, 3.05) is 6.61 Å². The van der Waals surface area contributed by atoms with Crippen LogP contribution in [0.4, 0.5) is 0 Å². The Hall–Kier alpha value is -0.730. The highest BCUT2D eigenvalue weighted by Crippen LogP contribution is 2.27. The molecule has 0 aliphatic rings. The number of hydrogen-bond acceptors (Lipinski definition) is 2. The molecule has 0 fully saturated rings. The molecule has 1 atom stereocenters. The van der Waals surface area contributed by atoms with Crippen molar-refractivity contribution >= 4 is 11.6 Å². The molecule has 0 amide bonds. The first kappa shape index (κ1) is 15.3. The van der Waals surface area contributed by atoms with E-state index < -0.39 is 0 Å². The zero-order valence-electron chi connectivity index (χ0n) is 11.4. The Labute approximate surface area is 115 Å². The van der Waals surface area contributed by atoms with Crippen LogP contribution in [-0.2, 0) is 0 Å². The monoisotopic (exact) mass is 269 g/mol. The van der Waals surface area contributed by atoms with Crippen LogP contribution in [0.1, 0.15) is 57.6 Å². The van der Waals surface area contributed by atoms with Crippen LogP contribution in [0, 0.1) is 0 Å². The molecule has 3 heteroatoms. The smallest absolute Gasteiger partial charge is 0.124 e. The van der Waals surface area contributed by atoms with Gasteiger partial charge in [0.25, 0.3) is 0 Å². The highest BCUT2D eigenvalue weighted by molar-refractivity contribution is 6.30. The topological polar surface area (TPSA) is 35.2 Å². The van der Waals surface area contributed by atoms with Gasteiger partial charge in [-0.3, -0.25) is 0 Å². The third-order valence-corrected chi connectivity index (χ3v) is 3.20. The Balaban J connectivity index is 2.42. The molecule has 0 spiro atoms. The second-order valence-corrected chi connectivity index (χ2v) is 5.17. The SMILES string of the molecule is CCCCCCCOc1ccc(Cl)cc1[C@H](C)N. The summed E-state index contributed by atoms with van der Waals surface area (Å²) in [4.78, 5) is 0. The molecule has 0 heterocycles. The molecule has 102 valence electrons. The first-order valence-electron chi connectivity index (χ1n) is 6.83. The van der Waals surface area contributed by atoms with Gasteiger partial charge in [0.1, 0.15) is 5.75 Å². The number of rotatable bonds is 8. The van der Waals surface area contributed by atoms with E-state index in [1.54, 1.807) is 0 Å². The summed E-state index contributed by atoms with van der Waals surface area (Å²) >= 11 is 5.97. The molecule has 0 aromatic heterocycles. The van der Waals surface area contributed by atoms with Gasteiger partial charge in [-0.05, 0) is 31.5 Å². The van der Waals surface area contributed by atoms with Gasteiger partial charge in [-0.25, -0.2) is 0 Å². The van der Waals surface area contributed by atoms with Crippen LogP contribution in [0.3, 0.4) is 0 Å². The maximum absolute atomic E-state index is 5.97. The van der Waals surface area contributed by atoms with Crippen LogP contribution in [0.15, 0.2) is 18.2 Å². The van der Waals surface area contributed by atoms with E-state index in [1.165, 1.54) is 25.7 Å². The molecule has 18 heavy (non-hydrogen) atoms. The van der Waals surface area contributed by atoms with Crippen molar-refractivity contribution in [3.63, 3.8) is 0 Å². The van der Waals surface area contributed by atoms with Gasteiger partial charge < -0.3 is 10.5 Å². The highest BCUT2D eigenvalue weighted by atomic mass is 35.5. The molecule has 0 aliphatic carbocycles. The molecule has 0 radical (unpaired) electrons. The first-order valence-corrected chi connectivity index (χ1v) is 7.20. The molecule has 0 saturated heterocycles. The lowest BCUT2D eigenvalue weighted by atomic mass is 10.1. The molecule has 0 aliphatic heterocycles. The maximum Gasteiger partial charge on any atom is 0.124 e. The van der Waals surface area contributed by atoms with Crippen molar-refractivity contribution in [3.8, 4) is 5.75 Å². The van der Waals surface area contributed by atoms with E-state index in [1.807, 2.05) is 25.1 Å². The van der Waals surface area contributed by atoms with Gasteiger partial charge in [0.2, 0.25) is 0 Å². The number of ether oxygens (including phenoxy) is 1. The summed E-state index contributed by atoms with van der Waals surface area (Å²) in [7, 11) is 0. The summed E-state index contributed by atoms with van der Waals surface area (Å²) in [6.07, 6.45) is 6.20. The molecule has 2 nitrogen and oxygen atoms in total. The number of halogens is 1. The number of nitrogens with two attached hydrogens (primary N) is 1. The summed E-state index contributed by atoms with van der Waals surface area (Å²) in [5.41, 5.74) is 6.90. The summed E-state index contributed by atoms with van der Waals surface area (Å²) in [5.74, 6) is 0.866. The van der Waals surface area contributed by atoms with E-state index in [4.69, 9.17) is 22.1 Å². The molecular weight excluding hydrogens is 246 g/mol. The Bertz CT molecular complexity index is 352. The van der Waals surface area contributed by atoms with Crippen molar-refractivity contribution in [1.82, 2.24) is 0 Å². The summed E-state index contributed by atoms with van der Waals surface area (Å²) < 4.78 is 5.80. The molecular formula is C15H24ClNO. The quantitative estimate of drug-likeness (QED) is 0.694. The number of unbranched alkanes of at least 4 members (excludes halogenated alkanes) is 4. The summed E-state index contributed by atoms with van der Waals surface area (Å²) in [6.45, 7) is 4.92. The van der Waals surface area contributed by atoms with Gasteiger partial charge in [0.05, 0.1) is 6.61 Å². The third kappa shape index (κ3) is 5.28. The second kappa shape index (κ2) is 8.39. The Kier molecular flexibility index (Phi) is 7.14. The van der Waals surface area contributed by atoms with Crippen LogP contribution < -0.4 is 10.5 Å². The fourth-order valence-electron chi connectivity index (χ4n) is 1.89. The van der Waals surface area contributed by atoms with Crippen molar-refractivity contribution in [1.29, 1.82) is 0 Å². The van der Waals surface area contributed by atoms with Crippen LogP contribution >= 0.6 is 11.6 Å². The minimum absolute atomic E-state index is 0.0567. The predicted octanol–water partition coefficient (Wildman–Crippen LogP) is 4.71. The summed E-state index contributed by atoms with van der Waals surface area (Å²) in [6, 6.07) is 5.59. The normalized spacial score (nSPS) is 12.4. The van der Waals surface area contributed by atoms with Crippen LogP contribution in [0.25, 0.3) is 0 Å². The molecule has 1 aromatic carbocycles. The number of hydrogen-bond donors (Lipinski definition) is 1. The average molecular weight is 270 g/mol. The maximum atomic E-state index is 5.97. The van der Waals surface area contributed by atoms with Gasteiger partial charge in [0, 0.05) is 16.6 Å². The van der Waals surface area contributed by atoms with E-state index in [0.29, 0.717) is 5.02 Å². The van der Waals surface area contributed by atoms with Gasteiger partial charge in [-0.1, -0.05) is 44.2 Å². The van der Waals surface area contributed by atoms with E-state index in [-0.39, 0.29) is 6.04 Å². The standard InChI is InChI=1S/C15H24ClNO/c1-3-4-5-6-7-10-18-15-9-8-13(16)11-14(15)12(2)17/h8-9,11-12H,3-7,10,17H2,1-2H3/t12-/m0/s1. The van der Waals surface area contributed by atoms with E-state index in [2.05, 4.69) is 6.92 Å². The Morgan fingerprint density at radius 3 is 2.61 bits per heavy atom. The molecule has 1 rings (SSSR count). The largest absolute Gasteiger partial charge is 0.493 e. The van der Waals surface area contributed by atoms with Crippen molar-refractivity contribution in [2.24, 2.45) is 5.73 Å². The minimum Gasteiger partial charge on any atom is -0.493 e. The average Bonchev–Trinajstić information content (AvgIpc) is 2.35. The van der Waals surface area contributed by atoms with E-state index >= 15 is 0 Å². The lowest BCUT2D eigenvalue weighted by Crippen LogP contribution is -2.08. The van der Waals surface area contributed by atoms with Crippen LogP contribution in [0.2, 0.25) is 5.02 Å². The number of benzene rings is 1. The third-order valence-electron chi connectivity index (χ3n) is 2.97. The van der Waals surface area contributed by atoms with Crippen molar-refractivity contribution in [3.05, 3.63) is 28.8 Å². The zero-order valence-corrected chi connectivity index (χ0v) is 12.2. The zero-order chi connectivity index (χ0) is 13.4. The van der Waals surface area contributed by atoms with Gasteiger partial charge in [0.15, 0.2) is 0 Å². The van der Waals surface area contributed by atoms with Gasteiger partial charge in [-0.15, -0.1) is 0 Å². The lowest BCUT2D eigenvalue weighted by Gasteiger charge is -2.14. The first-order chi connectivity index (χ1) is 8.65. The van der Waals surface area contributed by atoms with Crippen LogP contribution in [-0.4, -0.2) is 6.61 Å². The van der Waals surface area contributed by atoms with Crippen LogP contribution in [0.5, 0.6) is 5.75 Å². The fourth-order valence-corrected chi connectivity index (χ4v) is 2.07. The van der Waals surface area contributed by atoms with E-state index in [9.17, 15) is 0 Å². The molecule has 0 unspecified atom stereocenters. The summed E-state index contributed by atoms with van der Waals surface area (Å²) in [5, 5.41) is 0.706. The second-order valence-electron chi connectivity index (χ2n) is 4.73. The van der Waals surface area contributed by atoms with Crippen molar-refractivity contribution < 1.29 is 4.74 Å². The Morgan fingerprint density at radius 1 is 1.22 bits per heavy atom. The molecule has 0 bridgehead atoms. The predicted molar refractivity (Wildman–Crippen MR) is 78.3 cm³/mol. The highest BCUT2D eigenvalue weighted by Gasteiger charge is 2.08. The molecule has 2 N–H and O–H groups in total. The van der Waals surface area contributed by atoms with Crippen molar-refractivity contribution in [2.45, 2.75) is 52.0 Å². The fraction of sp³-hybridized carbons (Fsp3) is 0.600. The van der Waals surface area contributed by atoms with Gasteiger partial charge >= 0.3 is 0 Å². The van der Waals surface area contributed by atoms with Gasteiger partial charge in [-0.2, -0.15) is 0 Å². The van der Waals surface area contributed by atoms with E-state index in [0.717, 1.165) is 24.3 Å².